The summed E-state index contributed by atoms with van der Waals surface area (Å²) in [5.41, 5.74) is 0. The van der Waals surface area contributed by atoms with Gasteiger partial charge in [-0.3, -0.25) is 0 Å². The van der Waals surface area contributed by atoms with Crippen LogP contribution in [0.4, 0.5) is 4.79 Å². The highest BCUT2D eigenvalue weighted by atomic mass is 16.2. The van der Waals surface area contributed by atoms with Gasteiger partial charge in [-0.1, -0.05) is 20.3 Å². The van der Waals surface area contributed by atoms with Gasteiger partial charge in [0.2, 0.25) is 0 Å². The lowest BCUT2D eigenvalue weighted by Gasteiger charge is -2.22. The van der Waals surface area contributed by atoms with E-state index in [9.17, 15) is 4.79 Å². The number of hydrogen-bond donors (Lipinski definition) is 1. The number of rotatable bonds is 6. The number of hydrogen-bond acceptors (Lipinski definition) is 1. The lowest BCUT2D eigenvalue weighted by molar-refractivity contribution is 0.194. The van der Waals surface area contributed by atoms with Gasteiger partial charge in [0.25, 0.3) is 0 Å². The Morgan fingerprint density at radius 2 is 2.07 bits per heavy atom. The zero-order chi connectivity index (χ0) is 10.4. The molecule has 3 heteroatoms. The molecule has 0 bridgehead atoms. The lowest BCUT2D eigenvalue weighted by Crippen LogP contribution is -2.42. The Morgan fingerprint density at radius 1 is 1.36 bits per heavy atom. The topological polar surface area (TPSA) is 32.3 Å². The predicted molar refractivity (Wildman–Crippen MR) is 58.3 cm³/mol. The van der Waals surface area contributed by atoms with E-state index >= 15 is 0 Å². The maximum absolute atomic E-state index is 11.7. The molecule has 1 aliphatic rings. The van der Waals surface area contributed by atoms with Gasteiger partial charge in [0.15, 0.2) is 0 Å². The second kappa shape index (κ2) is 5.89. The third-order valence-electron chi connectivity index (χ3n) is 2.53. The van der Waals surface area contributed by atoms with Crippen LogP contribution in [0.5, 0.6) is 0 Å². The van der Waals surface area contributed by atoms with Gasteiger partial charge in [-0.15, -0.1) is 0 Å². The van der Waals surface area contributed by atoms with Gasteiger partial charge < -0.3 is 10.2 Å². The number of urea groups is 1. The van der Waals surface area contributed by atoms with Crippen molar-refractivity contribution in [3.8, 4) is 0 Å². The summed E-state index contributed by atoms with van der Waals surface area (Å²) in [7, 11) is 0. The molecule has 0 radical (unpaired) electrons. The molecule has 0 unspecified atom stereocenters. The molecule has 0 aromatic rings. The van der Waals surface area contributed by atoms with Crippen LogP contribution in [-0.2, 0) is 0 Å². The number of unbranched alkanes of at least 4 members (excludes halogenated alkanes) is 1. The standard InChI is InChI=1S/C11H22N2O/c1-3-5-9-13(10-6-7-10)11(14)12-8-4-2/h10H,3-9H2,1-2H3,(H,12,14). The molecule has 3 nitrogen and oxygen atoms in total. The zero-order valence-electron chi connectivity index (χ0n) is 9.38. The fourth-order valence-electron chi connectivity index (χ4n) is 1.50. The van der Waals surface area contributed by atoms with Crippen molar-refractivity contribution in [1.29, 1.82) is 0 Å². The fraction of sp³-hybridized carbons (Fsp3) is 0.909. The molecular weight excluding hydrogens is 176 g/mol. The van der Waals surface area contributed by atoms with E-state index in [4.69, 9.17) is 0 Å². The maximum atomic E-state index is 11.7. The van der Waals surface area contributed by atoms with Crippen molar-refractivity contribution in [2.75, 3.05) is 13.1 Å². The van der Waals surface area contributed by atoms with Gasteiger partial charge in [-0.25, -0.2) is 4.79 Å². The van der Waals surface area contributed by atoms with Gasteiger partial charge in [0.1, 0.15) is 0 Å². The van der Waals surface area contributed by atoms with E-state index in [1.807, 2.05) is 4.90 Å². The van der Waals surface area contributed by atoms with Crippen molar-refractivity contribution in [3.63, 3.8) is 0 Å². The van der Waals surface area contributed by atoms with E-state index in [0.29, 0.717) is 6.04 Å². The smallest absolute Gasteiger partial charge is 0.317 e. The highest BCUT2D eigenvalue weighted by Gasteiger charge is 2.31. The molecule has 2 amide bonds. The average molecular weight is 198 g/mol. The molecule has 0 aromatic carbocycles. The fourth-order valence-corrected chi connectivity index (χ4v) is 1.50. The Balaban J connectivity index is 2.28. The van der Waals surface area contributed by atoms with Gasteiger partial charge >= 0.3 is 6.03 Å². The van der Waals surface area contributed by atoms with Crippen molar-refractivity contribution in [2.45, 2.75) is 52.0 Å². The molecule has 1 N–H and O–H groups in total. The molecule has 0 spiro atoms. The first-order chi connectivity index (χ1) is 6.79. The molecule has 0 atom stereocenters. The molecule has 1 aliphatic carbocycles. The molecule has 1 fully saturated rings. The lowest BCUT2D eigenvalue weighted by atomic mass is 10.3. The van der Waals surface area contributed by atoms with Crippen LogP contribution in [0.25, 0.3) is 0 Å². The van der Waals surface area contributed by atoms with Crippen LogP contribution in [0.2, 0.25) is 0 Å². The van der Waals surface area contributed by atoms with Gasteiger partial charge in [0, 0.05) is 19.1 Å². The van der Waals surface area contributed by atoms with Crippen LogP contribution in [-0.4, -0.2) is 30.1 Å². The highest BCUT2D eigenvalue weighted by Crippen LogP contribution is 2.26. The van der Waals surface area contributed by atoms with Crippen LogP contribution in [0.3, 0.4) is 0 Å². The van der Waals surface area contributed by atoms with Crippen molar-refractivity contribution in [3.05, 3.63) is 0 Å². The largest absolute Gasteiger partial charge is 0.338 e. The summed E-state index contributed by atoms with van der Waals surface area (Å²) < 4.78 is 0. The van der Waals surface area contributed by atoms with Gasteiger partial charge in [0.05, 0.1) is 0 Å². The molecular formula is C11H22N2O. The molecule has 1 saturated carbocycles. The Hall–Kier alpha value is -0.730. The predicted octanol–water partition coefficient (Wildman–Crippen LogP) is 2.37. The number of nitrogens with one attached hydrogen (secondary N) is 1. The minimum absolute atomic E-state index is 0.141. The molecule has 82 valence electrons. The SMILES string of the molecule is CCCCN(C(=O)NCCC)C1CC1. The van der Waals surface area contributed by atoms with E-state index in [2.05, 4.69) is 19.2 Å². The summed E-state index contributed by atoms with van der Waals surface area (Å²) in [6, 6.07) is 0.682. The van der Waals surface area contributed by atoms with E-state index < -0.39 is 0 Å². The molecule has 0 aromatic heterocycles. The molecule has 0 heterocycles. The Kier molecular flexibility index (Phi) is 4.77. The quantitative estimate of drug-likeness (QED) is 0.698. The summed E-state index contributed by atoms with van der Waals surface area (Å²) >= 11 is 0. The highest BCUT2D eigenvalue weighted by molar-refractivity contribution is 5.74. The van der Waals surface area contributed by atoms with Crippen molar-refractivity contribution in [2.24, 2.45) is 0 Å². The molecule has 14 heavy (non-hydrogen) atoms. The summed E-state index contributed by atoms with van der Waals surface area (Å²) in [5.74, 6) is 0. The van der Waals surface area contributed by atoms with E-state index in [1.54, 1.807) is 0 Å². The molecule has 0 saturated heterocycles. The second-order valence-corrected chi connectivity index (χ2v) is 4.01. The summed E-state index contributed by atoms with van der Waals surface area (Å²) in [4.78, 5) is 13.7. The normalized spacial score (nSPS) is 15.3. The minimum Gasteiger partial charge on any atom is -0.338 e. The van der Waals surface area contributed by atoms with Crippen molar-refractivity contribution >= 4 is 6.03 Å². The zero-order valence-corrected chi connectivity index (χ0v) is 9.38. The third kappa shape index (κ3) is 3.56. The summed E-state index contributed by atoms with van der Waals surface area (Å²) in [6.45, 7) is 5.97. The van der Waals surface area contributed by atoms with Crippen LogP contribution >= 0.6 is 0 Å². The third-order valence-corrected chi connectivity index (χ3v) is 2.53. The first-order valence-corrected chi connectivity index (χ1v) is 5.84. The first kappa shape index (κ1) is 11.3. The van der Waals surface area contributed by atoms with Crippen LogP contribution in [0.1, 0.15) is 46.0 Å². The minimum atomic E-state index is 0.141. The van der Waals surface area contributed by atoms with E-state index in [1.165, 1.54) is 12.8 Å². The Labute approximate surface area is 86.9 Å². The summed E-state index contributed by atoms with van der Waals surface area (Å²) in [5, 5.41) is 2.95. The maximum Gasteiger partial charge on any atom is 0.317 e. The van der Waals surface area contributed by atoms with Crippen molar-refractivity contribution < 1.29 is 4.79 Å². The van der Waals surface area contributed by atoms with E-state index in [-0.39, 0.29) is 6.03 Å². The Morgan fingerprint density at radius 3 is 2.57 bits per heavy atom. The van der Waals surface area contributed by atoms with Gasteiger partial charge in [-0.2, -0.15) is 0 Å². The second-order valence-electron chi connectivity index (χ2n) is 4.01. The van der Waals surface area contributed by atoms with Crippen LogP contribution < -0.4 is 5.32 Å². The number of nitrogens with zero attached hydrogens (tertiary/aromatic N) is 1. The number of amides is 2. The first-order valence-electron chi connectivity index (χ1n) is 5.84. The van der Waals surface area contributed by atoms with Crippen molar-refractivity contribution in [1.82, 2.24) is 10.2 Å². The number of carbonyl (C=O) groups excluding carboxylic acids is 1. The summed E-state index contributed by atoms with van der Waals surface area (Å²) in [6.07, 6.45) is 5.69. The average Bonchev–Trinajstić information content (AvgIpc) is 2.99. The van der Waals surface area contributed by atoms with Crippen LogP contribution in [0, 0.1) is 0 Å². The monoisotopic (exact) mass is 198 g/mol. The Bertz CT molecular complexity index is 178. The molecule has 0 aliphatic heterocycles. The van der Waals surface area contributed by atoms with Gasteiger partial charge in [-0.05, 0) is 25.7 Å². The van der Waals surface area contributed by atoms with Crippen LogP contribution in [0.15, 0.2) is 0 Å². The molecule has 1 rings (SSSR count). The number of carbonyl (C=O) groups is 1. The van der Waals surface area contributed by atoms with E-state index in [0.717, 1.165) is 32.4 Å².